The first kappa shape index (κ1) is 23.9. The molecule has 0 spiro atoms. The van der Waals surface area contributed by atoms with Crippen LogP contribution in [0.3, 0.4) is 0 Å². The van der Waals surface area contributed by atoms with Crippen LogP contribution in [0.2, 0.25) is 0 Å². The number of nitrogens with one attached hydrogen (secondary N) is 1. The number of nitrogens with two attached hydrogens (primary N) is 1. The second-order valence-corrected chi connectivity index (χ2v) is 10.3. The number of nitrogens with zero attached hydrogens (tertiary/aromatic N) is 6. The van der Waals surface area contributed by atoms with Crippen LogP contribution in [0.4, 0.5) is 35.8 Å². The van der Waals surface area contributed by atoms with Gasteiger partial charge in [0.05, 0.1) is 27.0 Å². The van der Waals surface area contributed by atoms with Crippen molar-refractivity contribution in [1.82, 2.24) is 24.5 Å². The van der Waals surface area contributed by atoms with E-state index >= 15 is 0 Å². The summed E-state index contributed by atoms with van der Waals surface area (Å²) in [6.45, 7) is 0. The highest BCUT2D eigenvalue weighted by Gasteiger charge is 2.36. The molecule has 2 aromatic carbocycles. The molecule has 0 unspecified atom stereocenters. The van der Waals surface area contributed by atoms with Crippen LogP contribution in [-0.4, -0.2) is 40.0 Å². The molecule has 0 fully saturated rings. The van der Waals surface area contributed by atoms with Gasteiger partial charge in [0, 0.05) is 19.8 Å². The molecule has 36 heavy (non-hydrogen) atoms. The maximum Gasteiger partial charge on any atom is 0.417 e. The number of fused-ring (bicyclic) bond motifs is 2. The Hall–Kier alpha value is -3.82. The molecule has 3 aromatic heterocycles. The van der Waals surface area contributed by atoms with E-state index in [4.69, 9.17) is 5.14 Å². The molecule has 0 aliphatic rings. The molecule has 0 atom stereocenters. The molecule has 186 valence electrons. The Morgan fingerprint density at radius 3 is 2.56 bits per heavy atom. The van der Waals surface area contributed by atoms with E-state index in [0.29, 0.717) is 28.2 Å². The monoisotopic (exact) mass is 534 g/mol. The Bertz CT molecular complexity index is 1700. The molecular weight excluding hydrogens is 517 g/mol. The third-order valence-electron chi connectivity index (χ3n) is 5.28. The molecular formula is C21H17F3N8O2S2. The number of hydrogen-bond donors (Lipinski definition) is 2. The van der Waals surface area contributed by atoms with E-state index in [9.17, 15) is 21.6 Å². The fourth-order valence-corrected chi connectivity index (χ4v) is 5.29. The van der Waals surface area contributed by atoms with Gasteiger partial charge in [-0.25, -0.2) is 23.5 Å². The molecule has 15 heteroatoms. The minimum atomic E-state index is -4.91. The summed E-state index contributed by atoms with van der Waals surface area (Å²) in [6, 6.07) is 10.1. The second-order valence-electron chi connectivity index (χ2n) is 7.80. The van der Waals surface area contributed by atoms with E-state index in [1.807, 2.05) is 24.3 Å². The first-order valence-electron chi connectivity index (χ1n) is 10.2. The molecule has 0 aliphatic heterocycles. The van der Waals surface area contributed by atoms with Crippen molar-refractivity contribution in [3.63, 3.8) is 0 Å². The molecule has 0 amide bonds. The van der Waals surface area contributed by atoms with Gasteiger partial charge in [-0.1, -0.05) is 23.5 Å². The quantitative estimate of drug-likeness (QED) is 0.344. The maximum absolute atomic E-state index is 13.3. The standard InChI is InChI=1S/C21H17F3N8O2S2/c1-31-10-26-16-17(31)29-19(27-11-7-8-12(21(22,23)24)15(9-11)36(25,33)34)30-18(16)32(2)20-28-13-5-3-4-6-14(13)35-20/h3-10H,1-2H3,(H2,25,33,34)(H,27,29,30). The molecule has 0 aliphatic carbocycles. The van der Waals surface area contributed by atoms with Crippen molar-refractivity contribution in [3.05, 3.63) is 54.4 Å². The Morgan fingerprint density at radius 1 is 1.11 bits per heavy atom. The zero-order chi connectivity index (χ0) is 25.8. The number of aromatic nitrogens is 5. The van der Waals surface area contributed by atoms with Crippen LogP contribution >= 0.6 is 11.3 Å². The van der Waals surface area contributed by atoms with Gasteiger partial charge in [0.1, 0.15) is 0 Å². The zero-order valence-electron chi connectivity index (χ0n) is 18.6. The molecule has 0 saturated heterocycles. The van der Waals surface area contributed by atoms with Crippen molar-refractivity contribution in [3.8, 4) is 0 Å². The summed E-state index contributed by atoms with van der Waals surface area (Å²) >= 11 is 1.45. The summed E-state index contributed by atoms with van der Waals surface area (Å²) in [5, 5.41) is 8.47. The summed E-state index contributed by atoms with van der Waals surface area (Å²) < 4.78 is 66.3. The van der Waals surface area contributed by atoms with Crippen LogP contribution in [0, 0.1) is 0 Å². The summed E-state index contributed by atoms with van der Waals surface area (Å²) in [5.41, 5.74) is 0.364. The van der Waals surface area contributed by atoms with E-state index in [1.54, 1.807) is 29.9 Å². The average Bonchev–Trinajstić information content (AvgIpc) is 3.41. The first-order chi connectivity index (χ1) is 16.9. The summed E-state index contributed by atoms with van der Waals surface area (Å²) in [5.74, 6) is 0.398. The number of benzene rings is 2. The first-order valence-corrected chi connectivity index (χ1v) is 12.6. The van der Waals surface area contributed by atoms with Gasteiger partial charge in [-0.2, -0.15) is 23.1 Å². The fraction of sp³-hybridized carbons (Fsp3) is 0.143. The number of hydrogen-bond acceptors (Lipinski definition) is 9. The van der Waals surface area contributed by atoms with E-state index in [1.165, 1.54) is 11.3 Å². The van der Waals surface area contributed by atoms with Crippen LogP contribution < -0.4 is 15.4 Å². The third-order valence-corrected chi connectivity index (χ3v) is 7.34. The minimum absolute atomic E-state index is 0.00198. The van der Waals surface area contributed by atoms with Crippen molar-refractivity contribution < 1.29 is 21.6 Å². The van der Waals surface area contributed by atoms with Crippen molar-refractivity contribution in [2.24, 2.45) is 12.2 Å². The fourth-order valence-electron chi connectivity index (χ4n) is 3.57. The Balaban J connectivity index is 1.59. The Labute approximate surface area is 206 Å². The van der Waals surface area contributed by atoms with E-state index in [0.717, 1.165) is 22.3 Å². The van der Waals surface area contributed by atoms with Crippen LogP contribution in [0.5, 0.6) is 0 Å². The Kier molecular flexibility index (Phi) is 5.57. The number of sulfonamides is 1. The molecule has 3 heterocycles. The number of para-hydroxylation sites is 1. The molecule has 10 nitrogen and oxygen atoms in total. The number of anilines is 4. The largest absolute Gasteiger partial charge is 0.417 e. The predicted molar refractivity (Wildman–Crippen MR) is 130 cm³/mol. The van der Waals surface area contributed by atoms with Gasteiger partial charge in [-0.3, -0.25) is 0 Å². The van der Waals surface area contributed by atoms with Gasteiger partial charge in [-0.05, 0) is 30.3 Å². The molecule has 0 bridgehead atoms. The van der Waals surface area contributed by atoms with Gasteiger partial charge >= 0.3 is 6.18 Å². The molecule has 3 N–H and O–H groups in total. The number of aryl methyl sites for hydroxylation is 1. The van der Waals surface area contributed by atoms with Gasteiger partial charge in [0.25, 0.3) is 0 Å². The highest BCUT2D eigenvalue weighted by atomic mass is 32.2. The van der Waals surface area contributed by atoms with E-state index in [2.05, 4.69) is 25.3 Å². The lowest BCUT2D eigenvalue weighted by Crippen LogP contribution is -2.19. The van der Waals surface area contributed by atoms with Crippen molar-refractivity contribution in [2.45, 2.75) is 11.1 Å². The average molecular weight is 535 g/mol. The second kappa shape index (κ2) is 8.39. The van der Waals surface area contributed by atoms with E-state index < -0.39 is 26.7 Å². The van der Waals surface area contributed by atoms with Gasteiger partial charge in [-0.15, -0.1) is 0 Å². The SMILES string of the molecule is CN(c1nc2ccccc2s1)c1nc(Nc2ccc(C(F)(F)F)c(S(N)(=O)=O)c2)nc2c1ncn2C. The number of halogens is 3. The molecule has 0 saturated carbocycles. The number of imidazole rings is 1. The Morgan fingerprint density at radius 2 is 1.86 bits per heavy atom. The topological polar surface area (TPSA) is 132 Å². The lowest BCUT2D eigenvalue weighted by molar-refractivity contribution is -0.139. The number of rotatable bonds is 5. The highest BCUT2D eigenvalue weighted by molar-refractivity contribution is 7.89. The maximum atomic E-state index is 13.3. The predicted octanol–water partition coefficient (Wildman–Crippen LogP) is 4.15. The van der Waals surface area contributed by atoms with Crippen LogP contribution in [-0.2, 0) is 23.2 Å². The van der Waals surface area contributed by atoms with Crippen molar-refractivity contribution in [2.75, 3.05) is 17.3 Å². The lowest BCUT2D eigenvalue weighted by atomic mass is 10.2. The number of alkyl halides is 3. The van der Waals surface area contributed by atoms with Crippen LogP contribution in [0.15, 0.2) is 53.7 Å². The van der Waals surface area contributed by atoms with E-state index in [-0.39, 0.29) is 11.6 Å². The normalized spacial score (nSPS) is 12.4. The van der Waals surface area contributed by atoms with Gasteiger partial charge < -0.3 is 14.8 Å². The van der Waals surface area contributed by atoms with Gasteiger partial charge in [0.15, 0.2) is 22.1 Å². The smallest absolute Gasteiger partial charge is 0.324 e. The molecule has 5 aromatic rings. The summed E-state index contributed by atoms with van der Waals surface area (Å²) in [7, 11) is -1.18. The summed E-state index contributed by atoms with van der Waals surface area (Å²) in [6.07, 6.45) is -3.35. The van der Waals surface area contributed by atoms with Crippen molar-refractivity contribution in [1.29, 1.82) is 0 Å². The number of primary sulfonamides is 1. The molecule has 0 radical (unpaired) electrons. The van der Waals surface area contributed by atoms with Crippen molar-refractivity contribution >= 4 is 65.3 Å². The zero-order valence-corrected chi connectivity index (χ0v) is 20.3. The highest BCUT2D eigenvalue weighted by Crippen LogP contribution is 2.37. The molecule has 5 rings (SSSR count). The number of thiazole rings is 1. The third kappa shape index (κ3) is 4.31. The van der Waals surface area contributed by atoms with Crippen LogP contribution in [0.1, 0.15) is 5.56 Å². The minimum Gasteiger partial charge on any atom is -0.324 e. The lowest BCUT2D eigenvalue weighted by Gasteiger charge is -2.17. The summed E-state index contributed by atoms with van der Waals surface area (Å²) in [4.78, 5) is 18.6. The van der Waals surface area contributed by atoms with Gasteiger partial charge in [0.2, 0.25) is 16.0 Å². The van der Waals surface area contributed by atoms with Crippen LogP contribution in [0.25, 0.3) is 21.4 Å².